The van der Waals surface area contributed by atoms with Crippen molar-refractivity contribution < 1.29 is 37.3 Å². The number of nitrogens with one attached hydrogen (secondary N) is 2. The number of amides is 2. The molecule has 1 aromatic heterocycles. The quantitative estimate of drug-likeness (QED) is 0.315. The van der Waals surface area contributed by atoms with Gasteiger partial charge in [-0.3, -0.25) is 9.59 Å². The van der Waals surface area contributed by atoms with Crippen molar-refractivity contribution in [3.8, 4) is 28.9 Å². The van der Waals surface area contributed by atoms with Crippen LogP contribution in [0.1, 0.15) is 12.8 Å². The summed E-state index contributed by atoms with van der Waals surface area (Å²) in [5.41, 5.74) is -0.333. The van der Waals surface area contributed by atoms with E-state index in [9.17, 15) is 14.0 Å². The number of ether oxygens (including phenoxy) is 4. The van der Waals surface area contributed by atoms with E-state index in [1.807, 2.05) is 0 Å². The van der Waals surface area contributed by atoms with E-state index in [2.05, 4.69) is 20.6 Å². The summed E-state index contributed by atoms with van der Waals surface area (Å²) in [5, 5.41) is 5.62. The van der Waals surface area contributed by atoms with Crippen LogP contribution >= 0.6 is 0 Å². The number of fused-ring (bicyclic) bond motifs is 3. The molecule has 1 aliphatic carbocycles. The Balaban J connectivity index is 1.20. The van der Waals surface area contributed by atoms with Crippen LogP contribution in [0.4, 0.5) is 20.2 Å². The summed E-state index contributed by atoms with van der Waals surface area (Å²) in [7, 11) is 1.50. The number of methoxy groups -OCH3 is 1. The number of halogens is 2. The van der Waals surface area contributed by atoms with Crippen molar-refractivity contribution >= 4 is 34.1 Å². The second kappa shape index (κ2) is 9.95. The molecule has 4 aromatic rings. The minimum atomic E-state index is -1.29. The molecule has 0 radical (unpaired) electrons. The summed E-state index contributed by atoms with van der Waals surface area (Å²) in [6.07, 6.45) is 1.93. The number of aromatic nitrogens is 2. The first-order valence-electron chi connectivity index (χ1n) is 12.3. The van der Waals surface area contributed by atoms with Crippen LogP contribution in [0.15, 0.2) is 54.9 Å². The van der Waals surface area contributed by atoms with E-state index >= 15 is 4.39 Å². The molecule has 12 heteroatoms. The van der Waals surface area contributed by atoms with Crippen molar-refractivity contribution in [2.45, 2.75) is 12.8 Å². The molecule has 0 saturated heterocycles. The lowest BCUT2D eigenvalue weighted by Crippen LogP contribution is -2.35. The second-order valence-corrected chi connectivity index (χ2v) is 9.25. The highest BCUT2D eigenvalue weighted by molar-refractivity contribution is 6.16. The van der Waals surface area contributed by atoms with Crippen molar-refractivity contribution in [3.05, 3.63) is 66.5 Å². The summed E-state index contributed by atoms with van der Waals surface area (Å²) in [6, 6.07) is 10.7. The smallest absolute Gasteiger partial charge is 0.240 e. The standard InChI is InChI=1S/C28H22F2N4O6/c1-37-21-13-19-22(24-23(21)38-10-11-39-24)25(32-14-31-19)40-20-7-6-17(12-18(20)30)34-27(36)28(8-9-28)26(35)33-16-4-2-15(29)3-5-16/h2-7,12-14H,8-11H2,1H3,(H,33,35)(H,34,36). The predicted molar refractivity (Wildman–Crippen MR) is 139 cm³/mol. The van der Waals surface area contributed by atoms with Gasteiger partial charge in [-0.25, -0.2) is 18.7 Å². The molecule has 0 spiro atoms. The van der Waals surface area contributed by atoms with Gasteiger partial charge in [0.05, 0.1) is 12.6 Å². The third-order valence-corrected chi connectivity index (χ3v) is 6.68. The lowest BCUT2D eigenvalue weighted by Gasteiger charge is -2.22. The van der Waals surface area contributed by atoms with Crippen LogP contribution in [0.25, 0.3) is 10.9 Å². The molecule has 1 saturated carbocycles. The van der Waals surface area contributed by atoms with Crippen molar-refractivity contribution in [2.24, 2.45) is 5.41 Å². The molecule has 10 nitrogen and oxygen atoms in total. The Bertz CT molecular complexity index is 1640. The summed E-state index contributed by atoms with van der Waals surface area (Å²) in [5.74, 6) is -1.29. The largest absolute Gasteiger partial charge is 0.493 e. The molecular weight excluding hydrogens is 526 g/mol. The average molecular weight is 549 g/mol. The minimum Gasteiger partial charge on any atom is -0.493 e. The van der Waals surface area contributed by atoms with Crippen LogP contribution in [-0.2, 0) is 9.59 Å². The zero-order chi connectivity index (χ0) is 27.9. The third-order valence-electron chi connectivity index (χ3n) is 6.68. The minimum absolute atomic E-state index is 0.0412. The molecule has 2 amide bonds. The molecule has 6 rings (SSSR count). The lowest BCUT2D eigenvalue weighted by atomic mass is 10.0. The number of hydrogen-bond donors (Lipinski definition) is 2. The van der Waals surface area contributed by atoms with Gasteiger partial charge in [-0.1, -0.05) is 0 Å². The molecule has 1 fully saturated rings. The maximum atomic E-state index is 15.1. The first-order chi connectivity index (χ1) is 19.4. The van der Waals surface area contributed by atoms with Crippen molar-refractivity contribution in [1.82, 2.24) is 9.97 Å². The first-order valence-corrected chi connectivity index (χ1v) is 12.3. The van der Waals surface area contributed by atoms with E-state index in [-0.39, 0.29) is 23.9 Å². The summed E-state index contributed by atoms with van der Waals surface area (Å²) >= 11 is 0. The molecule has 0 unspecified atom stereocenters. The van der Waals surface area contributed by atoms with Gasteiger partial charge >= 0.3 is 0 Å². The molecule has 204 valence electrons. The van der Waals surface area contributed by atoms with Gasteiger partial charge < -0.3 is 29.6 Å². The fraction of sp³-hybridized carbons (Fsp3) is 0.214. The van der Waals surface area contributed by atoms with Crippen molar-refractivity contribution in [1.29, 1.82) is 0 Å². The lowest BCUT2D eigenvalue weighted by molar-refractivity contribution is -0.131. The molecular formula is C28H22F2N4O6. The Morgan fingerprint density at radius 3 is 2.23 bits per heavy atom. The number of hydrogen-bond acceptors (Lipinski definition) is 8. The topological polar surface area (TPSA) is 121 Å². The Morgan fingerprint density at radius 2 is 1.55 bits per heavy atom. The normalized spacial score (nSPS) is 14.8. The second-order valence-electron chi connectivity index (χ2n) is 9.25. The molecule has 3 aromatic carbocycles. The molecule has 0 atom stereocenters. The summed E-state index contributed by atoms with van der Waals surface area (Å²) < 4.78 is 51.0. The van der Waals surface area contributed by atoms with E-state index in [0.717, 1.165) is 6.07 Å². The molecule has 2 N–H and O–H groups in total. The van der Waals surface area contributed by atoms with E-state index in [4.69, 9.17) is 18.9 Å². The van der Waals surface area contributed by atoms with Crippen LogP contribution in [-0.4, -0.2) is 42.1 Å². The van der Waals surface area contributed by atoms with Gasteiger partial charge in [0.1, 0.15) is 36.2 Å². The number of rotatable bonds is 7. The highest BCUT2D eigenvalue weighted by atomic mass is 19.1. The van der Waals surface area contributed by atoms with Gasteiger partial charge in [0.2, 0.25) is 23.4 Å². The number of carbonyl (C=O) groups is 2. The third kappa shape index (κ3) is 4.57. The van der Waals surface area contributed by atoms with Gasteiger partial charge in [-0.15, -0.1) is 0 Å². The number of benzene rings is 3. The number of nitrogens with zero attached hydrogens (tertiary/aromatic N) is 2. The fourth-order valence-corrected chi connectivity index (χ4v) is 4.39. The van der Waals surface area contributed by atoms with Gasteiger partial charge in [-0.2, -0.15) is 0 Å². The first kappa shape index (κ1) is 25.3. The zero-order valence-corrected chi connectivity index (χ0v) is 21.1. The van der Waals surface area contributed by atoms with Gasteiger partial charge in [-0.05, 0) is 49.2 Å². The van der Waals surface area contributed by atoms with Crippen LogP contribution in [0.5, 0.6) is 28.9 Å². The predicted octanol–water partition coefficient (Wildman–Crippen LogP) is 4.84. The molecule has 1 aliphatic heterocycles. The molecule has 2 heterocycles. The SMILES string of the molecule is COc1cc2ncnc(Oc3ccc(NC(=O)C4(C(=O)Nc5ccc(F)cc5)CC4)cc3F)c2c2c1OCCO2. The molecule has 2 aliphatic rings. The fourth-order valence-electron chi connectivity index (χ4n) is 4.39. The Morgan fingerprint density at radius 1 is 0.875 bits per heavy atom. The average Bonchev–Trinajstić information content (AvgIpc) is 3.78. The zero-order valence-electron chi connectivity index (χ0n) is 21.1. The van der Waals surface area contributed by atoms with E-state index < -0.39 is 28.9 Å². The Labute approximate surface area is 226 Å². The Kier molecular flexibility index (Phi) is 6.29. The van der Waals surface area contributed by atoms with Crippen LogP contribution in [0, 0.1) is 17.0 Å². The highest BCUT2D eigenvalue weighted by Gasteiger charge is 2.56. The van der Waals surface area contributed by atoms with Crippen molar-refractivity contribution in [2.75, 3.05) is 31.0 Å². The van der Waals surface area contributed by atoms with Crippen LogP contribution in [0.3, 0.4) is 0 Å². The van der Waals surface area contributed by atoms with E-state index in [0.29, 0.717) is 53.3 Å². The van der Waals surface area contributed by atoms with Gasteiger partial charge in [0.25, 0.3) is 0 Å². The van der Waals surface area contributed by atoms with E-state index in [1.165, 1.54) is 49.8 Å². The Hall–Kier alpha value is -5.00. The molecule has 40 heavy (non-hydrogen) atoms. The maximum absolute atomic E-state index is 15.1. The summed E-state index contributed by atoms with van der Waals surface area (Å²) in [4.78, 5) is 34.2. The number of carbonyl (C=O) groups excluding carboxylic acids is 2. The van der Waals surface area contributed by atoms with Gasteiger partial charge in [0, 0.05) is 23.5 Å². The van der Waals surface area contributed by atoms with Crippen LogP contribution in [0.2, 0.25) is 0 Å². The van der Waals surface area contributed by atoms with E-state index in [1.54, 1.807) is 6.07 Å². The van der Waals surface area contributed by atoms with Crippen LogP contribution < -0.4 is 29.6 Å². The maximum Gasteiger partial charge on any atom is 0.240 e. The van der Waals surface area contributed by atoms with Crippen molar-refractivity contribution in [3.63, 3.8) is 0 Å². The summed E-state index contributed by atoms with van der Waals surface area (Å²) in [6.45, 7) is 0.617. The van der Waals surface area contributed by atoms with Gasteiger partial charge in [0.15, 0.2) is 23.1 Å². The highest BCUT2D eigenvalue weighted by Crippen LogP contribution is 2.49. The number of anilines is 2. The monoisotopic (exact) mass is 548 g/mol. The molecule has 0 bridgehead atoms.